The Bertz CT molecular complexity index is 3130. The summed E-state index contributed by atoms with van der Waals surface area (Å²) in [6.07, 6.45) is 0. The summed E-state index contributed by atoms with van der Waals surface area (Å²) in [5, 5.41) is 57.1. The number of phenolic OH excluding ortho intramolecular Hbond substituents is 5. The average molecular weight is 737 g/mol. The third kappa shape index (κ3) is 4.96. The normalized spacial score (nSPS) is 11.6. The molecule has 0 fully saturated rings. The summed E-state index contributed by atoms with van der Waals surface area (Å²) >= 11 is 1.66. The quantitative estimate of drug-likeness (QED) is 0.0867. The lowest BCUT2D eigenvalue weighted by molar-refractivity contribution is 0.329. The molecule has 0 spiro atoms. The maximum atomic E-state index is 11.0. The molecule has 0 aliphatic carbocycles. The van der Waals surface area contributed by atoms with Gasteiger partial charge >= 0.3 is 0 Å². The van der Waals surface area contributed by atoms with Crippen molar-refractivity contribution < 1.29 is 25.5 Å². The van der Waals surface area contributed by atoms with Crippen molar-refractivity contribution >= 4 is 53.3 Å². The molecule has 0 amide bonds. The molecule has 10 aromatic rings. The molecule has 9 nitrogen and oxygen atoms in total. The Labute approximate surface area is 316 Å². The Kier molecular flexibility index (Phi) is 7.23. The smallest absolute Gasteiger partial charge is 0.208 e. The molecule has 0 saturated carbocycles. The van der Waals surface area contributed by atoms with Gasteiger partial charge in [0.25, 0.3) is 0 Å². The van der Waals surface area contributed by atoms with E-state index < -0.39 is 34.3 Å². The summed E-state index contributed by atoms with van der Waals surface area (Å²) in [6, 6.07) is 46.6. The number of benzene rings is 7. The highest BCUT2D eigenvalue weighted by molar-refractivity contribution is 7.26. The van der Waals surface area contributed by atoms with E-state index in [-0.39, 0.29) is 17.5 Å². The molecule has 5 N–H and O–H groups in total. The largest absolute Gasteiger partial charge is 0.504 e. The molecule has 0 aliphatic heterocycles. The van der Waals surface area contributed by atoms with E-state index in [1.165, 1.54) is 0 Å². The van der Waals surface area contributed by atoms with Crippen molar-refractivity contribution in [3.05, 3.63) is 140 Å². The molecule has 264 valence electrons. The van der Waals surface area contributed by atoms with E-state index in [0.29, 0.717) is 11.1 Å². The predicted octanol–water partition coefficient (Wildman–Crippen LogP) is 10.5. The first-order valence-corrected chi connectivity index (χ1v) is 18.2. The van der Waals surface area contributed by atoms with Gasteiger partial charge in [-0.2, -0.15) is 0 Å². The highest BCUT2D eigenvalue weighted by Crippen LogP contribution is 2.54. The number of nitrogens with zero attached hydrogens (tertiary/aromatic N) is 4. The van der Waals surface area contributed by atoms with Gasteiger partial charge in [-0.05, 0) is 41.5 Å². The monoisotopic (exact) mass is 736 g/mol. The Morgan fingerprint density at radius 1 is 0.436 bits per heavy atom. The lowest BCUT2D eigenvalue weighted by Gasteiger charge is -2.15. The van der Waals surface area contributed by atoms with Gasteiger partial charge in [-0.3, -0.25) is 0 Å². The summed E-state index contributed by atoms with van der Waals surface area (Å²) in [6.45, 7) is 0. The second-order valence-electron chi connectivity index (χ2n) is 13.2. The zero-order valence-corrected chi connectivity index (χ0v) is 29.5. The van der Waals surface area contributed by atoms with Crippen molar-refractivity contribution in [3.8, 4) is 79.7 Å². The van der Waals surface area contributed by atoms with Crippen LogP contribution in [-0.2, 0) is 0 Å². The van der Waals surface area contributed by atoms with Gasteiger partial charge in [0.15, 0.2) is 29.0 Å². The van der Waals surface area contributed by atoms with Crippen molar-refractivity contribution in [2.45, 2.75) is 0 Å². The first kappa shape index (κ1) is 32.2. The van der Waals surface area contributed by atoms with Gasteiger partial charge in [-0.15, -0.1) is 11.3 Å². The summed E-state index contributed by atoms with van der Waals surface area (Å²) in [5.41, 5.74) is 6.13. The van der Waals surface area contributed by atoms with Crippen molar-refractivity contribution in [2.24, 2.45) is 0 Å². The van der Waals surface area contributed by atoms with Crippen molar-refractivity contribution in [1.29, 1.82) is 0 Å². The minimum Gasteiger partial charge on any atom is -0.504 e. The number of phenols is 5. The first-order valence-electron chi connectivity index (χ1n) is 17.4. The minimum atomic E-state index is -1.07. The van der Waals surface area contributed by atoms with E-state index in [2.05, 4.69) is 76.3 Å². The number of hydrogen-bond acceptors (Lipinski definition) is 9. The van der Waals surface area contributed by atoms with Crippen LogP contribution in [0.3, 0.4) is 0 Å². The fourth-order valence-corrected chi connectivity index (χ4v) is 8.67. The molecule has 10 rings (SSSR count). The Morgan fingerprint density at radius 3 is 1.76 bits per heavy atom. The maximum Gasteiger partial charge on any atom is 0.208 e. The Morgan fingerprint density at radius 2 is 1.02 bits per heavy atom. The highest BCUT2D eigenvalue weighted by atomic mass is 32.1. The number of aromatic nitrogens is 4. The second-order valence-corrected chi connectivity index (χ2v) is 14.2. The molecule has 55 heavy (non-hydrogen) atoms. The van der Waals surface area contributed by atoms with Gasteiger partial charge in [0.05, 0.1) is 21.4 Å². The van der Waals surface area contributed by atoms with Crippen molar-refractivity contribution in [3.63, 3.8) is 0 Å². The van der Waals surface area contributed by atoms with E-state index in [0.717, 1.165) is 58.8 Å². The predicted molar refractivity (Wildman–Crippen MR) is 217 cm³/mol. The molecule has 0 atom stereocenters. The third-order valence-corrected chi connectivity index (χ3v) is 11.2. The van der Waals surface area contributed by atoms with Gasteiger partial charge in [-0.1, -0.05) is 109 Å². The van der Waals surface area contributed by atoms with Crippen LogP contribution in [0.2, 0.25) is 0 Å². The molecule has 0 unspecified atom stereocenters. The molecular formula is C45H28N4O5S. The van der Waals surface area contributed by atoms with E-state index in [1.807, 2.05) is 72.8 Å². The number of fused-ring (bicyclic) bond motifs is 6. The van der Waals surface area contributed by atoms with Crippen molar-refractivity contribution in [2.75, 3.05) is 0 Å². The number of aromatic hydroxyl groups is 5. The van der Waals surface area contributed by atoms with Crippen molar-refractivity contribution in [1.82, 2.24) is 19.5 Å². The maximum absolute atomic E-state index is 11.0. The molecule has 3 aromatic heterocycles. The fourth-order valence-electron chi connectivity index (χ4n) is 7.44. The second kappa shape index (κ2) is 12.3. The van der Waals surface area contributed by atoms with Crippen LogP contribution in [0, 0.1) is 0 Å². The number of para-hydroxylation sites is 1. The van der Waals surface area contributed by atoms with Crippen LogP contribution in [-0.4, -0.2) is 45.1 Å². The molecule has 7 aromatic carbocycles. The topological polar surface area (TPSA) is 145 Å². The SMILES string of the molecule is Oc1c(O)c(O)c(-c2nc(-c3ccccc3)nc(-c3ccc(-n4c5ccccc5c5ccc(-c6ccccc6)cc54)c4sc5ccccc5c34)n2)c(O)c1O. The first-order chi connectivity index (χ1) is 26.9. The molecule has 0 aliphatic rings. The van der Waals surface area contributed by atoms with Gasteiger partial charge in [0, 0.05) is 37.4 Å². The van der Waals surface area contributed by atoms with E-state index in [4.69, 9.17) is 9.97 Å². The molecule has 3 heterocycles. The van der Waals surface area contributed by atoms with Crippen LogP contribution in [0.5, 0.6) is 28.7 Å². The lowest BCUT2D eigenvalue weighted by atomic mass is 10.0. The van der Waals surface area contributed by atoms with Gasteiger partial charge < -0.3 is 30.1 Å². The van der Waals surface area contributed by atoms with Crippen LogP contribution < -0.4 is 0 Å². The summed E-state index contributed by atoms with van der Waals surface area (Å²) < 4.78 is 4.35. The minimum absolute atomic E-state index is 0.221. The van der Waals surface area contributed by atoms with Crippen LogP contribution in [0.1, 0.15) is 0 Å². The fraction of sp³-hybridized carbons (Fsp3) is 0. The zero-order valence-electron chi connectivity index (χ0n) is 28.7. The molecule has 0 bridgehead atoms. The number of hydrogen-bond donors (Lipinski definition) is 5. The van der Waals surface area contributed by atoms with E-state index in [9.17, 15) is 25.5 Å². The van der Waals surface area contributed by atoms with Gasteiger partial charge in [-0.25, -0.2) is 15.0 Å². The standard InChI is InChI=1S/C45H28N4O5S/c50-37-36(38(51)40(53)41(54)39(37)52)45-47-43(25-13-5-2-6-14-25)46-44(48-45)30-21-22-32(42-35(30)29-16-8-10-18-34(29)55-42)49-31-17-9-7-15-27(31)28-20-19-26(23-33(28)49)24-11-3-1-4-12-24/h1-23,50-54H. The van der Waals surface area contributed by atoms with Crippen LogP contribution in [0.25, 0.3) is 93.0 Å². The number of thiophene rings is 1. The molecule has 0 saturated heterocycles. The Hall–Kier alpha value is -7.43. The van der Waals surface area contributed by atoms with E-state index >= 15 is 0 Å². The third-order valence-electron chi connectivity index (χ3n) is 10.0. The van der Waals surface area contributed by atoms with Crippen LogP contribution in [0.4, 0.5) is 0 Å². The summed E-state index contributed by atoms with van der Waals surface area (Å²) in [4.78, 5) is 14.3. The summed E-state index contributed by atoms with van der Waals surface area (Å²) in [5.74, 6) is -4.69. The van der Waals surface area contributed by atoms with E-state index in [1.54, 1.807) is 11.3 Å². The number of rotatable bonds is 5. The molecule has 0 radical (unpaired) electrons. The van der Waals surface area contributed by atoms with Crippen LogP contribution >= 0.6 is 11.3 Å². The van der Waals surface area contributed by atoms with Gasteiger partial charge in [0.1, 0.15) is 5.56 Å². The molecular weight excluding hydrogens is 709 g/mol. The van der Waals surface area contributed by atoms with Crippen LogP contribution in [0.15, 0.2) is 140 Å². The average Bonchev–Trinajstić information content (AvgIpc) is 3.79. The van der Waals surface area contributed by atoms with Gasteiger partial charge in [0.2, 0.25) is 17.2 Å². The highest BCUT2D eigenvalue weighted by Gasteiger charge is 2.28. The summed E-state index contributed by atoms with van der Waals surface area (Å²) in [7, 11) is 0. The zero-order chi connectivity index (χ0) is 37.4. The Balaban J connectivity index is 1.28. The molecule has 10 heteroatoms. The lowest BCUT2D eigenvalue weighted by Crippen LogP contribution is -2.02.